The first-order valence-electron chi connectivity index (χ1n) is 6.18. The van der Waals surface area contributed by atoms with E-state index < -0.39 is 0 Å². The Morgan fingerprint density at radius 1 is 1.38 bits per heavy atom. The van der Waals surface area contributed by atoms with Gasteiger partial charge in [0.15, 0.2) is 0 Å². The van der Waals surface area contributed by atoms with E-state index in [9.17, 15) is 9.90 Å². The molecule has 94 valence electrons. The van der Waals surface area contributed by atoms with Crippen molar-refractivity contribution in [2.45, 2.75) is 45.1 Å². The van der Waals surface area contributed by atoms with Gasteiger partial charge in [-0.3, -0.25) is 4.79 Å². The third-order valence-corrected chi connectivity index (χ3v) is 3.53. The normalized spacial score (nSPS) is 30.1. The van der Waals surface area contributed by atoms with Crippen LogP contribution in [0.2, 0.25) is 0 Å². The number of rotatable bonds is 5. The summed E-state index contributed by atoms with van der Waals surface area (Å²) in [5.74, 6) is 0.772. The summed E-state index contributed by atoms with van der Waals surface area (Å²) in [6.45, 7) is 5.34. The van der Waals surface area contributed by atoms with E-state index in [1.54, 1.807) is 0 Å². The molecule has 0 spiro atoms. The summed E-state index contributed by atoms with van der Waals surface area (Å²) in [6.07, 6.45) is 4.41. The van der Waals surface area contributed by atoms with Crippen LogP contribution in [0.3, 0.4) is 0 Å². The van der Waals surface area contributed by atoms with Crippen molar-refractivity contribution in [1.82, 2.24) is 10.6 Å². The lowest BCUT2D eigenvalue weighted by Crippen LogP contribution is -2.52. The summed E-state index contributed by atoms with van der Waals surface area (Å²) in [5.41, 5.74) is -0.106. The Bertz CT molecular complexity index is 223. The van der Waals surface area contributed by atoms with Crippen molar-refractivity contribution in [3.05, 3.63) is 0 Å². The lowest BCUT2D eigenvalue weighted by Gasteiger charge is -2.39. The number of carbonyl (C=O) groups is 1. The molecule has 4 nitrogen and oxygen atoms in total. The number of aliphatic hydroxyl groups excluding tert-OH is 1. The maximum absolute atomic E-state index is 10.7. The first-order valence-corrected chi connectivity index (χ1v) is 6.18. The average molecular weight is 228 g/mol. The van der Waals surface area contributed by atoms with Gasteiger partial charge in [0.1, 0.15) is 0 Å². The highest BCUT2D eigenvalue weighted by atomic mass is 16.3. The van der Waals surface area contributed by atoms with Crippen LogP contribution in [0.4, 0.5) is 0 Å². The Morgan fingerprint density at radius 2 is 2.00 bits per heavy atom. The van der Waals surface area contributed by atoms with E-state index in [-0.39, 0.29) is 18.1 Å². The van der Waals surface area contributed by atoms with E-state index >= 15 is 0 Å². The maximum Gasteiger partial charge on any atom is 0.216 e. The van der Waals surface area contributed by atoms with Crippen molar-refractivity contribution < 1.29 is 9.90 Å². The third kappa shape index (κ3) is 4.10. The Balaban J connectivity index is 2.28. The molecule has 0 atom stereocenters. The molecule has 0 bridgehead atoms. The molecule has 0 aromatic heterocycles. The van der Waals surface area contributed by atoms with Crippen LogP contribution >= 0.6 is 0 Å². The first-order chi connectivity index (χ1) is 7.58. The second-order valence-corrected chi connectivity index (χ2v) is 5.03. The average Bonchev–Trinajstić information content (AvgIpc) is 2.27. The summed E-state index contributed by atoms with van der Waals surface area (Å²) in [7, 11) is 0. The van der Waals surface area contributed by atoms with Crippen molar-refractivity contribution in [2.24, 2.45) is 5.92 Å². The minimum Gasteiger partial charge on any atom is -0.394 e. The van der Waals surface area contributed by atoms with Crippen LogP contribution in [0.1, 0.15) is 39.5 Å². The molecule has 0 aromatic carbocycles. The van der Waals surface area contributed by atoms with Gasteiger partial charge in [0, 0.05) is 25.6 Å². The first kappa shape index (κ1) is 13.5. The zero-order chi connectivity index (χ0) is 12.0. The number of aliphatic hydroxyl groups is 1. The minimum absolute atomic E-state index is 0.00267. The van der Waals surface area contributed by atoms with E-state index in [4.69, 9.17) is 0 Å². The minimum atomic E-state index is -0.106. The van der Waals surface area contributed by atoms with Crippen LogP contribution in [0.25, 0.3) is 0 Å². The summed E-state index contributed by atoms with van der Waals surface area (Å²) >= 11 is 0. The predicted octanol–water partition coefficient (Wildman–Crippen LogP) is 0.653. The van der Waals surface area contributed by atoms with Gasteiger partial charge >= 0.3 is 0 Å². The fourth-order valence-electron chi connectivity index (χ4n) is 2.27. The molecule has 0 saturated heterocycles. The van der Waals surface area contributed by atoms with E-state index in [1.807, 2.05) is 0 Å². The molecule has 0 aromatic rings. The van der Waals surface area contributed by atoms with Gasteiger partial charge in [0.2, 0.25) is 5.91 Å². The number of hydrogen-bond donors (Lipinski definition) is 3. The number of nitrogens with one attached hydrogen (secondary N) is 2. The highest BCUT2D eigenvalue weighted by Gasteiger charge is 2.32. The lowest BCUT2D eigenvalue weighted by molar-refractivity contribution is -0.118. The van der Waals surface area contributed by atoms with Gasteiger partial charge in [-0.2, -0.15) is 0 Å². The standard InChI is InChI=1S/C12H24N2O2/c1-10-3-5-12(9-15,6-4-10)14-8-7-13-11(2)16/h10,14-15H,3-9H2,1-2H3,(H,13,16). The SMILES string of the molecule is CC(=O)NCCNC1(CO)CCC(C)CC1. The second-order valence-electron chi connectivity index (χ2n) is 5.03. The second kappa shape index (κ2) is 6.21. The van der Waals surface area contributed by atoms with Gasteiger partial charge in [-0.15, -0.1) is 0 Å². The predicted molar refractivity (Wildman–Crippen MR) is 64.1 cm³/mol. The smallest absolute Gasteiger partial charge is 0.216 e. The van der Waals surface area contributed by atoms with Crippen molar-refractivity contribution >= 4 is 5.91 Å². The largest absolute Gasteiger partial charge is 0.394 e. The molecular formula is C12H24N2O2. The van der Waals surface area contributed by atoms with Gasteiger partial charge in [-0.05, 0) is 31.6 Å². The van der Waals surface area contributed by atoms with E-state index in [0.29, 0.717) is 6.54 Å². The molecule has 0 heterocycles. The fourth-order valence-corrected chi connectivity index (χ4v) is 2.27. The molecular weight excluding hydrogens is 204 g/mol. The van der Waals surface area contributed by atoms with Crippen LogP contribution in [0.5, 0.6) is 0 Å². The molecule has 1 fully saturated rings. The lowest BCUT2D eigenvalue weighted by atomic mass is 9.77. The Kier molecular flexibility index (Phi) is 5.22. The maximum atomic E-state index is 10.7. The van der Waals surface area contributed by atoms with E-state index in [1.165, 1.54) is 19.8 Å². The number of hydrogen-bond acceptors (Lipinski definition) is 3. The quantitative estimate of drug-likeness (QED) is 0.606. The highest BCUT2D eigenvalue weighted by molar-refractivity contribution is 5.72. The van der Waals surface area contributed by atoms with Gasteiger partial charge < -0.3 is 15.7 Å². The van der Waals surface area contributed by atoms with Crippen LogP contribution in [0, 0.1) is 5.92 Å². The summed E-state index contributed by atoms with van der Waals surface area (Å²) in [5, 5.41) is 15.6. The van der Waals surface area contributed by atoms with Crippen molar-refractivity contribution in [3.8, 4) is 0 Å². The zero-order valence-corrected chi connectivity index (χ0v) is 10.4. The number of amides is 1. The van der Waals surface area contributed by atoms with Gasteiger partial charge in [-0.1, -0.05) is 6.92 Å². The molecule has 1 saturated carbocycles. The van der Waals surface area contributed by atoms with Crippen molar-refractivity contribution in [3.63, 3.8) is 0 Å². The zero-order valence-electron chi connectivity index (χ0n) is 10.4. The molecule has 0 radical (unpaired) electrons. The number of carbonyl (C=O) groups excluding carboxylic acids is 1. The summed E-state index contributed by atoms with van der Waals surface area (Å²) < 4.78 is 0. The van der Waals surface area contributed by atoms with Crippen molar-refractivity contribution in [2.75, 3.05) is 19.7 Å². The molecule has 1 aliphatic rings. The Labute approximate surface area is 97.8 Å². The van der Waals surface area contributed by atoms with Gasteiger partial charge in [0.25, 0.3) is 0 Å². The molecule has 16 heavy (non-hydrogen) atoms. The van der Waals surface area contributed by atoms with Gasteiger partial charge in [-0.25, -0.2) is 0 Å². The van der Waals surface area contributed by atoms with Crippen LogP contribution in [-0.2, 0) is 4.79 Å². The van der Waals surface area contributed by atoms with E-state index in [0.717, 1.165) is 25.3 Å². The van der Waals surface area contributed by atoms with Crippen LogP contribution in [0.15, 0.2) is 0 Å². The fraction of sp³-hybridized carbons (Fsp3) is 0.917. The van der Waals surface area contributed by atoms with Crippen molar-refractivity contribution in [1.29, 1.82) is 0 Å². The molecule has 1 amide bonds. The molecule has 4 heteroatoms. The molecule has 1 rings (SSSR count). The monoisotopic (exact) mass is 228 g/mol. The third-order valence-electron chi connectivity index (χ3n) is 3.53. The summed E-state index contributed by atoms with van der Waals surface area (Å²) in [4.78, 5) is 10.7. The Morgan fingerprint density at radius 3 is 2.50 bits per heavy atom. The molecule has 3 N–H and O–H groups in total. The topological polar surface area (TPSA) is 61.4 Å². The van der Waals surface area contributed by atoms with Crippen LogP contribution < -0.4 is 10.6 Å². The van der Waals surface area contributed by atoms with Gasteiger partial charge in [0.05, 0.1) is 6.61 Å². The Hall–Kier alpha value is -0.610. The van der Waals surface area contributed by atoms with E-state index in [2.05, 4.69) is 17.6 Å². The summed E-state index contributed by atoms with van der Waals surface area (Å²) in [6, 6.07) is 0. The highest BCUT2D eigenvalue weighted by Crippen LogP contribution is 2.31. The molecule has 0 unspecified atom stereocenters. The molecule has 0 aliphatic heterocycles. The van der Waals surface area contributed by atoms with Crippen LogP contribution in [-0.4, -0.2) is 36.2 Å². The molecule has 1 aliphatic carbocycles.